The van der Waals surface area contributed by atoms with Gasteiger partial charge in [-0.2, -0.15) is 0 Å². The second-order valence-electron chi connectivity index (χ2n) is 7.30. The Morgan fingerprint density at radius 2 is 2.00 bits per heavy atom. The number of amides is 1. The number of fused-ring (bicyclic) bond motifs is 1. The highest BCUT2D eigenvalue weighted by Gasteiger charge is 2.24. The first-order valence-electron chi connectivity index (χ1n) is 10.1. The van der Waals surface area contributed by atoms with Crippen LogP contribution >= 0.6 is 27.3 Å². The van der Waals surface area contributed by atoms with Gasteiger partial charge in [-0.15, -0.1) is 11.3 Å². The number of hydrogen-bond donors (Lipinski definition) is 1. The number of anilines is 1. The first-order valence-corrected chi connectivity index (χ1v) is 13.1. The number of rotatable bonds is 7. The highest BCUT2D eigenvalue weighted by Crippen LogP contribution is 2.32. The summed E-state index contributed by atoms with van der Waals surface area (Å²) in [7, 11) is -3.69. The summed E-state index contributed by atoms with van der Waals surface area (Å²) in [6.07, 6.45) is 2.09. The Hall–Kier alpha value is -1.94. The maximum Gasteiger partial charge on any atom is 0.264 e. The zero-order valence-electron chi connectivity index (χ0n) is 17.0. The average molecular weight is 523 g/mol. The third-order valence-electron chi connectivity index (χ3n) is 5.21. The number of benzene rings is 2. The van der Waals surface area contributed by atoms with Crippen LogP contribution in [0.3, 0.4) is 0 Å². The first kappa shape index (κ1) is 22.3. The van der Waals surface area contributed by atoms with Gasteiger partial charge in [0.25, 0.3) is 15.9 Å². The van der Waals surface area contributed by atoms with Crippen molar-refractivity contribution in [1.82, 2.24) is 5.32 Å². The van der Waals surface area contributed by atoms with Gasteiger partial charge in [-0.3, -0.25) is 9.10 Å². The van der Waals surface area contributed by atoms with E-state index in [1.807, 2.05) is 18.2 Å². The number of hydrogen-bond acceptors (Lipinski definition) is 5. The Morgan fingerprint density at radius 3 is 2.68 bits per heavy atom. The van der Waals surface area contributed by atoms with Gasteiger partial charge in [0.2, 0.25) is 0 Å². The van der Waals surface area contributed by atoms with Crippen molar-refractivity contribution >= 4 is 59.0 Å². The molecule has 0 radical (unpaired) electrons. The summed E-state index contributed by atoms with van der Waals surface area (Å²) in [5, 5.41) is 3.78. The lowest BCUT2D eigenvalue weighted by Crippen LogP contribution is -2.31. The Morgan fingerprint density at radius 1 is 1.23 bits per heavy atom. The molecule has 0 bridgehead atoms. The molecular formula is C22H23BrN2O4S2. The summed E-state index contributed by atoms with van der Waals surface area (Å²) in [5.41, 5.74) is 0.571. The molecule has 1 fully saturated rings. The predicted molar refractivity (Wildman–Crippen MR) is 127 cm³/mol. The lowest BCUT2D eigenvalue weighted by Gasteiger charge is -2.23. The fraction of sp³-hybridized carbons (Fsp3) is 0.318. The quantitative estimate of drug-likeness (QED) is 0.484. The number of halogens is 1. The number of ether oxygens (including phenoxy) is 1. The van der Waals surface area contributed by atoms with Crippen molar-refractivity contribution in [2.75, 3.05) is 24.0 Å². The van der Waals surface area contributed by atoms with Crippen molar-refractivity contribution in [2.45, 2.75) is 30.8 Å². The van der Waals surface area contributed by atoms with Crippen LogP contribution in [-0.4, -0.2) is 40.1 Å². The van der Waals surface area contributed by atoms with E-state index < -0.39 is 10.0 Å². The SMILES string of the molecule is CCN(c1ccc2sc(C(=O)NCC3CCCO3)cc2c1)S(=O)(=O)c1ccc(Br)cc1. The van der Waals surface area contributed by atoms with E-state index in [1.54, 1.807) is 37.3 Å². The molecule has 31 heavy (non-hydrogen) atoms. The third kappa shape index (κ3) is 4.79. The van der Waals surface area contributed by atoms with Crippen molar-refractivity contribution < 1.29 is 17.9 Å². The van der Waals surface area contributed by atoms with Crippen LogP contribution in [0, 0.1) is 0 Å². The molecule has 1 saturated heterocycles. The average Bonchev–Trinajstić information content (AvgIpc) is 3.42. The Labute approximate surface area is 194 Å². The molecule has 2 aromatic carbocycles. The number of sulfonamides is 1. The van der Waals surface area contributed by atoms with Crippen molar-refractivity contribution in [1.29, 1.82) is 0 Å². The molecule has 4 rings (SSSR count). The number of carbonyl (C=O) groups is 1. The summed E-state index contributed by atoms with van der Waals surface area (Å²) in [5.74, 6) is -0.131. The second kappa shape index (κ2) is 9.28. The van der Waals surface area contributed by atoms with E-state index >= 15 is 0 Å². The second-order valence-corrected chi connectivity index (χ2v) is 11.2. The molecule has 2 heterocycles. The van der Waals surface area contributed by atoms with Gasteiger partial charge in [0.15, 0.2) is 0 Å². The molecule has 164 valence electrons. The van der Waals surface area contributed by atoms with Gasteiger partial charge in [-0.05, 0) is 73.7 Å². The lowest BCUT2D eigenvalue weighted by atomic mass is 10.2. The van der Waals surface area contributed by atoms with E-state index in [2.05, 4.69) is 21.2 Å². The Bertz CT molecular complexity index is 1190. The number of nitrogens with zero attached hydrogens (tertiary/aromatic N) is 1. The summed E-state index contributed by atoms with van der Waals surface area (Å²) >= 11 is 4.73. The zero-order chi connectivity index (χ0) is 22.0. The van der Waals surface area contributed by atoms with Crippen molar-refractivity contribution in [3.63, 3.8) is 0 Å². The van der Waals surface area contributed by atoms with Crippen LogP contribution in [0.1, 0.15) is 29.4 Å². The van der Waals surface area contributed by atoms with Gasteiger partial charge in [-0.25, -0.2) is 8.42 Å². The molecule has 1 aliphatic rings. The van der Waals surface area contributed by atoms with Gasteiger partial charge in [-0.1, -0.05) is 15.9 Å². The molecule has 6 nitrogen and oxygen atoms in total. The van der Waals surface area contributed by atoms with Crippen molar-refractivity contribution in [3.8, 4) is 0 Å². The summed E-state index contributed by atoms with van der Waals surface area (Å²) < 4.78 is 35.0. The molecule has 1 amide bonds. The molecule has 9 heteroatoms. The largest absolute Gasteiger partial charge is 0.376 e. The minimum atomic E-state index is -3.69. The third-order valence-corrected chi connectivity index (χ3v) is 8.78. The molecule has 0 saturated carbocycles. The first-order chi connectivity index (χ1) is 14.9. The van der Waals surface area contributed by atoms with Gasteiger partial charge < -0.3 is 10.1 Å². The van der Waals surface area contributed by atoms with E-state index in [-0.39, 0.29) is 16.9 Å². The smallest absolute Gasteiger partial charge is 0.264 e. The fourth-order valence-corrected chi connectivity index (χ4v) is 6.31. The molecular weight excluding hydrogens is 500 g/mol. The van der Waals surface area contributed by atoms with E-state index in [1.165, 1.54) is 15.6 Å². The standard InChI is InChI=1S/C22H23BrN2O4S2/c1-2-25(31(27,28)19-8-5-16(23)6-9-19)17-7-10-20-15(12-17)13-21(30-20)22(26)24-14-18-4-3-11-29-18/h5-10,12-13,18H,2-4,11,14H2,1H3,(H,24,26). The van der Waals surface area contributed by atoms with E-state index in [9.17, 15) is 13.2 Å². The Kier molecular flexibility index (Phi) is 6.66. The van der Waals surface area contributed by atoms with Crippen LogP contribution in [-0.2, 0) is 14.8 Å². The zero-order valence-corrected chi connectivity index (χ0v) is 20.2. The Balaban J connectivity index is 1.57. The molecule has 0 spiro atoms. The van der Waals surface area contributed by atoms with Gasteiger partial charge in [0.1, 0.15) is 0 Å². The maximum atomic E-state index is 13.2. The number of thiophene rings is 1. The van der Waals surface area contributed by atoms with E-state index in [0.29, 0.717) is 23.7 Å². The summed E-state index contributed by atoms with van der Waals surface area (Å²) in [4.78, 5) is 13.4. The van der Waals surface area contributed by atoms with Gasteiger partial charge in [0, 0.05) is 28.9 Å². The molecule has 1 aromatic heterocycles. The minimum absolute atomic E-state index is 0.0897. The lowest BCUT2D eigenvalue weighted by molar-refractivity contribution is 0.0861. The molecule has 3 aromatic rings. The minimum Gasteiger partial charge on any atom is -0.376 e. The molecule has 0 aliphatic carbocycles. The van der Waals surface area contributed by atoms with Crippen LogP contribution in [0.2, 0.25) is 0 Å². The van der Waals surface area contributed by atoms with Gasteiger partial charge >= 0.3 is 0 Å². The maximum absolute atomic E-state index is 13.2. The van der Waals surface area contributed by atoms with Crippen LogP contribution in [0.15, 0.2) is 57.9 Å². The molecule has 1 atom stereocenters. The predicted octanol–water partition coefficient (Wildman–Crippen LogP) is 4.79. The highest BCUT2D eigenvalue weighted by atomic mass is 79.9. The number of nitrogens with one attached hydrogen (secondary N) is 1. The normalized spacial score (nSPS) is 16.5. The summed E-state index contributed by atoms with van der Waals surface area (Å²) in [6.45, 7) is 3.36. The van der Waals surface area contributed by atoms with Crippen molar-refractivity contribution in [3.05, 3.63) is 57.9 Å². The highest BCUT2D eigenvalue weighted by molar-refractivity contribution is 9.10. The van der Waals surface area contributed by atoms with Crippen molar-refractivity contribution in [2.24, 2.45) is 0 Å². The molecule has 1 unspecified atom stereocenters. The van der Waals surface area contributed by atoms with Gasteiger partial charge in [0.05, 0.1) is 21.6 Å². The van der Waals surface area contributed by atoms with E-state index in [4.69, 9.17) is 4.74 Å². The molecule has 1 N–H and O–H groups in total. The van der Waals surface area contributed by atoms with Crippen LogP contribution < -0.4 is 9.62 Å². The van der Waals surface area contributed by atoms with Crippen LogP contribution in [0.5, 0.6) is 0 Å². The van der Waals surface area contributed by atoms with Crippen LogP contribution in [0.25, 0.3) is 10.1 Å². The molecule has 1 aliphatic heterocycles. The number of carbonyl (C=O) groups excluding carboxylic acids is 1. The topological polar surface area (TPSA) is 75.7 Å². The summed E-state index contributed by atoms with van der Waals surface area (Å²) in [6, 6.07) is 13.9. The van der Waals surface area contributed by atoms with Crippen LogP contribution in [0.4, 0.5) is 5.69 Å². The monoisotopic (exact) mass is 522 g/mol. The van der Waals surface area contributed by atoms with E-state index in [0.717, 1.165) is 34.0 Å². The fourth-order valence-electron chi connectivity index (χ4n) is 3.62.